The van der Waals surface area contributed by atoms with E-state index in [4.69, 9.17) is 4.74 Å². The molecule has 32 heavy (non-hydrogen) atoms. The lowest BCUT2D eigenvalue weighted by atomic mass is 10.2. The number of carbonyl (C=O) groups excluding carboxylic acids is 2. The number of non-ortho nitro benzene ring substituents is 1. The third-order valence-corrected chi connectivity index (χ3v) is 4.12. The maximum absolute atomic E-state index is 13.5. The van der Waals surface area contributed by atoms with Crippen LogP contribution in [-0.4, -0.2) is 29.6 Å². The fourth-order valence-corrected chi connectivity index (χ4v) is 2.51. The van der Waals surface area contributed by atoms with Crippen molar-refractivity contribution in [3.63, 3.8) is 0 Å². The van der Waals surface area contributed by atoms with Crippen LogP contribution in [-0.2, 0) is 4.79 Å². The van der Waals surface area contributed by atoms with Crippen LogP contribution < -0.4 is 15.5 Å². The molecule has 3 rings (SSSR count). The minimum atomic E-state index is -0.553. The molecule has 0 bridgehead atoms. The van der Waals surface area contributed by atoms with E-state index in [1.54, 1.807) is 30.3 Å². The number of hydrazone groups is 1. The van der Waals surface area contributed by atoms with Crippen molar-refractivity contribution in [3.8, 4) is 5.75 Å². The molecule has 0 spiro atoms. The van der Waals surface area contributed by atoms with Crippen molar-refractivity contribution in [1.82, 2.24) is 5.43 Å². The van der Waals surface area contributed by atoms with E-state index in [0.717, 1.165) is 0 Å². The van der Waals surface area contributed by atoms with Gasteiger partial charge in [0, 0.05) is 17.7 Å². The van der Waals surface area contributed by atoms with Crippen LogP contribution in [0.4, 0.5) is 15.8 Å². The number of hydrogen-bond donors (Lipinski definition) is 2. The van der Waals surface area contributed by atoms with Crippen molar-refractivity contribution in [3.05, 3.63) is 99.9 Å². The molecule has 0 radical (unpaired) electrons. The molecule has 0 aromatic heterocycles. The van der Waals surface area contributed by atoms with Gasteiger partial charge in [0.15, 0.2) is 6.61 Å². The summed E-state index contributed by atoms with van der Waals surface area (Å²) in [5, 5.41) is 16.9. The first-order chi connectivity index (χ1) is 15.4. The highest BCUT2D eigenvalue weighted by Crippen LogP contribution is 2.14. The van der Waals surface area contributed by atoms with Crippen molar-refractivity contribution in [2.24, 2.45) is 5.10 Å². The highest BCUT2D eigenvalue weighted by atomic mass is 19.1. The van der Waals surface area contributed by atoms with Gasteiger partial charge in [0.25, 0.3) is 17.5 Å². The van der Waals surface area contributed by atoms with Crippen LogP contribution in [0.15, 0.2) is 77.9 Å². The normalized spacial score (nSPS) is 10.5. The number of ether oxygens (including phenoxy) is 1. The minimum Gasteiger partial charge on any atom is -0.484 e. The molecule has 0 atom stereocenters. The van der Waals surface area contributed by atoms with Crippen LogP contribution in [0.1, 0.15) is 15.9 Å². The van der Waals surface area contributed by atoms with Gasteiger partial charge in [0.1, 0.15) is 11.6 Å². The Bertz CT molecular complexity index is 1150. The summed E-state index contributed by atoms with van der Waals surface area (Å²) in [4.78, 5) is 34.0. The summed E-state index contributed by atoms with van der Waals surface area (Å²) in [6, 6.07) is 17.5. The number of nitrogens with one attached hydrogen (secondary N) is 2. The van der Waals surface area contributed by atoms with Crippen LogP contribution in [0, 0.1) is 15.9 Å². The first-order valence-corrected chi connectivity index (χ1v) is 9.27. The van der Waals surface area contributed by atoms with E-state index in [0.29, 0.717) is 11.3 Å². The Labute approximate surface area is 181 Å². The molecule has 3 aromatic rings. The Balaban J connectivity index is 1.47. The maximum atomic E-state index is 13.5. The number of benzene rings is 3. The summed E-state index contributed by atoms with van der Waals surface area (Å²) in [7, 11) is 0. The second kappa shape index (κ2) is 10.4. The largest absolute Gasteiger partial charge is 0.484 e. The van der Waals surface area contributed by atoms with Gasteiger partial charge in [-0.1, -0.05) is 12.1 Å². The highest BCUT2D eigenvalue weighted by molar-refractivity contribution is 5.95. The molecule has 10 heteroatoms. The predicted octanol–water partition coefficient (Wildman–Crippen LogP) is 3.52. The third kappa shape index (κ3) is 6.20. The highest BCUT2D eigenvalue weighted by Gasteiger charge is 2.09. The number of carbonyl (C=O) groups is 2. The van der Waals surface area contributed by atoms with Gasteiger partial charge >= 0.3 is 0 Å². The van der Waals surface area contributed by atoms with Gasteiger partial charge in [-0.3, -0.25) is 19.7 Å². The summed E-state index contributed by atoms with van der Waals surface area (Å²) in [5.74, 6) is -1.14. The zero-order chi connectivity index (χ0) is 22.9. The van der Waals surface area contributed by atoms with Gasteiger partial charge < -0.3 is 10.1 Å². The quantitative estimate of drug-likeness (QED) is 0.318. The molecule has 0 aliphatic heterocycles. The molecule has 162 valence electrons. The first kappa shape index (κ1) is 22.1. The van der Waals surface area contributed by atoms with Crippen LogP contribution in [0.5, 0.6) is 5.75 Å². The molecule has 0 saturated carbocycles. The smallest absolute Gasteiger partial charge is 0.271 e. The lowest BCUT2D eigenvalue weighted by Gasteiger charge is -2.08. The molecule has 0 fully saturated rings. The van der Waals surface area contributed by atoms with Crippen LogP contribution in [0.2, 0.25) is 0 Å². The van der Waals surface area contributed by atoms with Crippen molar-refractivity contribution in [2.45, 2.75) is 0 Å². The number of nitro groups is 1. The van der Waals surface area contributed by atoms with Crippen molar-refractivity contribution >= 4 is 29.4 Å². The second-order valence-electron chi connectivity index (χ2n) is 6.39. The molecule has 0 heterocycles. The van der Waals surface area contributed by atoms with E-state index in [1.807, 2.05) is 0 Å². The first-order valence-electron chi connectivity index (χ1n) is 9.27. The number of hydrogen-bond acceptors (Lipinski definition) is 6. The number of amides is 2. The molecule has 3 aromatic carbocycles. The van der Waals surface area contributed by atoms with Gasteiger partial charge in [0.05, 0.1) is 16.8 Å². The number of nitrogens with zero attached hydrogens (tertiary/aromatic N) is 2. The zero-order valence-electron chi connectivity index (χ0n) is 16.5. The molecule has 2 N–H and O–H groups in total. The number of para-hydroxylation sites is 1. The van der Waals surface area contributed by atoms with Crippen LogP contribution in [0.3, 0.4) is 0 Å². The van der Waals surface area contributed by atoms with E-state index in [-0.39, 0.29) is 23.5 Å². The predicted molar refractivity (Wildman–Crippen MR) is 115 cm³/mol. The SMILES string of the molecule is O=C(COc1ccc(C=NNC(=O)c2ccc([N+](=O)[O-])cc2)cc1)Nc1ccccc1F. The number of anilines is 1. The molecular formula is C22H17FN4O5. The fourth-order valence-electron chi connectivity index (χ4n) is 2.51. The molecule has 0 unspecified atom stereocenters. The van der Waals surface area contributed by atoms with Crippen molar-refractivity contribution < 1.29 is 23.6 Å². The molecular weight excluding hydrogens is 419 g/mol. The fraction of sp³-hybridized carbons (Fsp3) is 0.0455. The van der Waals surface area contributed by atoms with Crippen LogP contribution >= 0.6 is 0 Å². The average molecular weight is 436 g/mol. The molecule has 2 amide bonds. The number of halogens is 1. The van der Waals surface area contributed by atoms with Crippen molar-refractivity contribution in [2.75, 3.05) is 11.9 Å². The standard InChI is InChI=1S/C22H17FN4O5/c23-19-3-1-2-4-20(19)25-21(28)14-32-18-11-5-15(6-12-18)13-24-26-22(29)16-7-9-17(10-8-16)27(30)31/h1-13H,14H2,(H,25,28)(H,26,29). The zero-order valence-corrected chi connectivity index (χ0v) is 16.5. The molecule has 0 aliphatic carbocycles. The lowest BCUT2D eigenvalue weighted by Crippen LogP contribution is -2.20. The van der Waals surface area contributed by atoms with E-state index in [2.05, 4.69) is 15.8 Å². The van der Waals surface area contributed by atoms with Gasteiger partial charge in [-0.15, -0.1) is 0 Å². The van der Waals surface area contributed by atoms with Gasteiger partial charge in [-0.05, 0) is 54.1 Å². The summed E-state index contributed by atoms with van der Waals surface area (Å²) < 4.78 is 18.9. The Kier molecular flexibility index (Phi) is 7.20. The second-order valence-corrected chi connectivity index (χ2v) is 6.39. The monoisotopic (exact) mass is 436 g/mol. The Morgan fingerprint density at radius 3 is 2.38 bits per heavy atom. The number of rotatable bonds is 8. The molecule has 0 aliphatic rings. The van der Waals surface area contributed by atoms with E-state index >= 15 is 0 Å². The van der Waals surface area contributed by atoms with E-state index in [9.17, 15) is 24.1 Å². The van der Waals surface area contributed by atoms with E-state index in [1.165, 1.54) is 48.7 Å². The van der Waals surface area contributed by atoms with Crippen molar-refractivity contribution in [1.29, 1.82) is 0 Å². The third-order valence-electron chi connectivity index (χ3n) is 4.12. The molecule has 0 saturated heterocycles. The maximum Gasteiger partial charge on any atom is 0.271 e. The van der Waals surface area contributed by atoms with E-state index < -0.39 is 22.6 Å². The van der Waals surface area contributed by atoms with Crippen LogP contribution in [0.25, 0.3) is 0 Å². The Morgan fingerprint density at radius 2 is 1.72 bits per heavy atom. The minimum absolute atomic E-state index is 0.0726. The van der Waals surface area contributed by atoms with Gasteiger partial charge in [0.2, 0.25) is 0 Å². The van der Waals surface area contributed by atoms with Gasteiger partial charge in [-0.2, -0.15) is 5.10 Å². The number of nitro benzene ring substituents is 1. The Hall–Kier alpha value is -4.60. The van der Waals surface area contributed by atoms with Gasteiger partial charge in [-0.25, -0.2) is 9.82 Å². The lowest BCUT2D eigenvalue weighted by molar-refractivity contribution is -0.384. The topological polar surface area (TPSA) is 123 Å². The summed E-state index contributed by atoms with van der Waals surface area (Å²) in [6.45, 7) is -0.299. The Morgan fingerprint density at radius 1 is 1.03 bits per heavy atom. The summed E-state index contributed by atoms with van der Waals surface area (Å²) in [5.41, 5.74) is 3.16. The average Bonchev–Trinajstić information content (AvgIpc) is 2.80. The molecule has 9 nitrogen and oxygen atoms in total. The summed E-state index contributed by atoms with van der Waals surface area (Å²) in [6.07, 6.45) is 1.40. The summed E-state index contributed by atoms with van der Waals surface area (Å²) >= 11 is 0.